The Morgan fingerprint density at radius 3 is 3.08 bits per heavy atom. The molecule has 0 saturated heterocycles. The quantitative estimate of drug-likeness (QED) is 0.676. The van der Waals surface area contributed by atoms with Crippen molar-refractivity contribution in [2.45, 2.75) is 19.9 Å². The van der Waals surface area contributed by atoms with Crippen molar-refractivity contribution in [1.29, 1.82) is 0 Å². The highest BCUT2D eigenvalue weighted by molar-refractivity contribution is 7.10. The number of pyridine rings is 1. The number of carbonyl (C=O) groups excluding carboxylic acids is 1. The number of benzene rings is 1. The molecule has 0 saturated carbocycles. The lowest BCUT2D eigenvalue weighted by Crippen LogP contribution is -2.31. The Balaban J connectivity index is 1.85. The molecule has 0 aliphatic carbocycles. The summed E-state index contributed by atoms with van der Waals surface area (Å²) in [5, 5.41) is 3.15. The summed E-state index contributed by atoms with van der Waals surface area (Å²) in [4.78, 5) is 20.6. The van der Waals surface area contributed by atoms with E-state index in [9.17, 15) is 4.79 Å². The lowest BCUT2D eigenvalue weighted by Gasteiger charge is -2.31. The molecule has 0 bridgehead atoms. The Hall–Kier alpha value is -2.40. The largest absolute Gasteiger partial charge is 0.462 e. The van der Waals surface area contributed by atoms with Crippen LogP contribution in [0.2, 0.25) is 0 Å². The van der Waals surface area contributed by atoms with Gasteiger partial charge in [-0.05, 0) is 36.4 Å². The number of esters is 1. The van der Waals surface area contributed by atoms with Gasteiger partial charge in [0, 0.05) is 29.5 Å². The third-order valence-electron chi connectivity index (χ3n) is 4.37. The number of nitrogens with zero attached hydrogens (tertiary/aromatic N) is 2. The minimum absolute atomic E-state index is 0.304. The molecule has 1 aliphatic heterocycles. The van der Waals surface area contributed by atoms with Crippen LogP contribution in [-0.4, -0.2) is 24.1 Å². The van der Waals surface area contributed by atoms with Crippen LogP contribution in [0.3, 0.4) is 0 Å². The zero-order valence-corrected chi connectivity index (χ0v) is 14.3. The molecule has 0 amide bonds. The van der Waals surface area contributed by atoms with E-state index in [4.69, 9.17) is 4.74 Å². The highest BCUT2D eigenvalue weighted by Gasteiger charge is 2.25. The first-order valence-corrected chi connectivity index (χ1v) is 9.01. The summed E-state index contributed by atoms with van der Waals surface area (Å²) < 4.78 is 5.26. The zero-order chi connectivity index (χ0) is 16.5. The van der Waals surface area contributed by atoms with Crippen LogP contribution in [0.4, 0.5) is 5.69 Å². The number of hydrogen-bond acceptors (Lipinski definition) is 5. The van der Waals surface area contributed by atoms with Crippen molar-refractivity contribution in [3.63, 3.8) is 0 Å². The van der Waals surface area contributed by atoms with Crippen molar-refractivity contribution in [2.24, 2.45) is 0 Å². The minimum atomic E-state index is -0.304. The van der Waals surface area contributed by atoms with Gasteiger partial charge in [-0.2, -0.15) is 0 Å². The Labute approximate surface area is 144 Å². The summed E-state index contributed by atoms with van der Waals surface area (Å²) in [6, 6.07) is 10.1. The number of anilines is 1. The van der Waals surface area contributed by atoms with Crippen molar-refractivity contribution in [2.75, 3.05) is 18.1 Å². The van der Waals surface area contributed by atoms with Gasteiger partial charge in [-0.1, -0.05) is 18.2 Å². The first-order chi connectivity index (χ1) is 11.8. The van der Waals surface area contributed by atoms with Crippen molar-refractivity contribution < 1.29 is 9.53 Å². The van der Waals surface area contributed by atoms with Crippen molar-refractivity contribution in [3.05, 3.63) is 57.9 Å². The molecule has 0 radical (unpaired) electrons. The molecule has 4 rings (SSSR count). The second kappa shape index (κ2) is 6.24. The van der Waals surface area contributed by atoms with Gasteiger partial charge in [-0.15, -0.1) is 11.3 Å². The third-order valence-corrected chi connectivity index (χ3v) is 5.39. The Morgan fingerprint density at radius 2 is 2.21 bits per heavy atom. The van der Waals surface area contributed by atoms with Crippen molar-refractivity contribution in [3.8, 4) is 0 Å². The minimum Gasteiger partial charge on any atom is -0.462 e. The van der Waals surface area contributed by atoms with Crippen LogP contribution in [-0.2, 0) is 17.7 Å². The maximum absolute atomic E-state index is 12.5. The smallest absolute Gasteiger partial charge is 0.341 e. The van der Waals surface area contributed by atoms with Gasteiger partial charge in [0.1, 0.15) is 5.56 Å². The molecule has 0 unspecified atom stereocenters. The Bertz CT molecular complexity index is 903. The molecule has 4 nitrogen and oxygen atoms in total. The summed E-state index contributed by atoms with van der Waals surface area (Å²) in [7, 11) is 0. The summed E-state index contributed by atoms with van der Waals surface area (Å²) in [5.74, 6) is -0.304. The van der Waals surface area contributed by atoms with Crippen LogP contribution in [0.1, 0.15) is 27.7 Å². The molecular weight excluding hydrogens is 320 g/mol. The topological polar surface area (TPSA) is 42.4 Å². The molecule has 0 N–H and O–H groups in total. The van der Waals surface area contributed by atoms with E-state index in [2.05, 4.69) is 21.3 Å². The average molecular weight is 338 g/mol. The molecule has 0 fully saturated rings. The molecule has 2 aromatic heterocycles. The van der Waals surface area contributed by atoms with E-state index in [0.29, 0.717) is 12.2 Å². The molecule has 24 heavy (non-hydrogen) atoms. The fourth-order valence-electron chi connectivity index (χ4n) is 3.27. The van der Waals surface area contributed by atoms with Crippen LogP contribution >= 0.6 is 11.3 Å². The number of thiophene rings is 1. The molecular formula is C19H18N2O2S. The molecule has 0 atom stereocenters. The van der Waals surface area contributed by atoms with Crippen molar-refractivity contribution >= 4 is 33.9 Å². The number of aromatic nitrogens is 1. The highest BCUT2D eigenvalue weighted by Crippen LogP contribution is 2.34. The van der Waals surface area contributed by atoms with E-state index in [-0.39, 0.29) is 5.97 Å². The molecule has 3 aromatic rings. The lowest BCUT2D eigenvalue weighted by atomic mass is 10.0. The van der Waals surface area contributed by atoms with E-state index < -0.39 is 0 Å². The van der Waals surface area contributed by atoms with Crippen LogP contribution in [0.5, 0.6) is 0 Å². The van der Waals surface area contributed by atoms with Crippen LogP contribution in [0.15, 0.2) is 41.9 Å². The zero-order valence-electron chi connectivity index (χ0n) is 13.5. The van der Waals surface area contributed by atoms with E-state index >= 15 is 0 Å². The van der Waals surface area contributed by atoms with Gasteiger partial charge < -0.3 is 9.64 Å². The van der Waals surface area contributed by atoms with Crippen LogP contribution < -0.4 is 4.90 Å². The van der Waals surface area contributed by atoms with Crippen LogP contribution in [0.25, 0.3) is 10.9 Å². The number of fused-ring (bicyclic) bond motifs is 2. The number of ether oxygens (including phenoxy) is 1. The second-order valence-electron chi connectivity index (χ2n) is 5.80. The van der Waals surface area contributed by atoms with Crippen LogP contribution in [0, 0.1) is 0 Å². The average Bonchev–Trinajstić information content (AvgIpc) is 3.08. The summed E-state index contributed by atoms with van der Waals surface area (Å²) in [6.45, 7) is 3.90. The number of rotatable bonds is 3. The molecule has 0 spiro atoms. The molecule has 122 valence electrons. The van der Waals surface area contributed by atoms with Gasteiger partial charge in [0.2, 0.25) is 0 Å². The number of carbonyl (C=O) groups is 1. The normalized spacial score (nSPS) is 13.8. The SMILES string of the molecule is CCOC(=O)c1cnc2ccccc2c1N1CCc2sccc2C1. The Kier molecular flexibility index (Phi) is 3.94. The number of hydrogen-bond donors (Lipinski definition) is 0. The molecule has 1 aromatic carbocycles. The first kappa shape index (κ1) is 15.1. The highest BCUT2D eigenvalue weighted by atomic mass is 32.1. The molecule has 5 heteroatoms. The monoisotopic (exact) mass is 338 g/mol. The predicted octanol–water partition coefficient (Wildman–Crippen LogP) is 4.04. The fraction of sp³-hybridized carbons (Fsp3) is 0.263. The maximum atomic E-state index is 12.5. The van der Waals surface area contributed by atoms with E-state index in [0.717, 1.165) is 36.1 Å². The van der Waals surface area contributed by atoms with Gasteiger partial charge >= 0.3 is 5.97 Å². The molecule has 3 heterocycles. The standard InChI is InChI=1S/C19H18N2O2S/c1-2-23-19(22)15-11-20-16-6-4-3-5-14(16)18(15)21-9-7-17-13(12-21)8-10-24-17/h3-6,8,10-11H,2,7,9,12H2,1H3. The van der Waals surface area contributed by atoms with Gasteiger partial charge in [0.15, 0.2) is 0 Å². The maximum Gasteiger partial charge on any atom is 0.341 e. The third kappa shape index (κ3) is 2.55. The van der Waals surface area contributed by atoms with Crippen molar-refractivity contribution in [1.82, 2.24) is 4.98 Å². The molecule has 1 aliphatic rings. The summed E-state index contributed by atoms with van der Waals surface area (Å²) in [6.07, 6.45) is 2.66. The summed E-state index contributed by atoms with van der Waals surface area (Å²) in [5.41, 5.74) is 3.74. The number of para-hydroxylation sites is 1. The second-order valence-corrected chi connectivity index (χ2v) is 6.80. The Morgan fingerprint density at radius 1 is 1.33 bits per heavy atom. The van der Waals surface area contributed by atoms with Gasteiger partial charge in [0.25, 0.3) is 0 Å². The van der Waals surface area contributed by atoms with E-state index in [1.54, 1.807) is 6.20 Å². The fourth-order valence-corrected chi connectivity index (χ4v) is 4.15. The van der Waals surface area contributed by atoms with Gasteiger partial charge in [0.05, 0.1) is 17.8 Å². The lowest BCUT2D eigenvalue weighted by molar-refractivity contribution is 0.0526. The predicted molar refractivity (Wildman–Crippen MR) is 96.8 cm³/mol. The van der Waals surface area contributed by atoms with E-state index in [1.165, 1.54) is 10.4 Å². The van der Waals surface area contributed by atoms with Gasteiger partial charge in [-0.25, -0.2) is 4.79 Å². The van der Waals surface area contributed by atoms with E-state index in [1.807, 2.05) is 42.5 Å². The first-order valence-electron chi connectivity index (χ1n) is 8.13. The van der Waals surface area contributed by atoms with Gasteiger partial charge in [-0.3, -0.25) is 4.98 Å². The summed E-state index contributed by atoms with van der Waals surface area (Å²) >= 11 is 1.81.